The first-order chi connectivity index (χ1) is 8.70. The molecule has 0 bridgehead atoms. The van der Waals surface area contributed by atoms with Crippen LogP contribution in [0.5, 0.6) is 0 Å². The molecular formula is C18H38. The Morgan fingerprint density at radius 2 is 1.11 bits per heavy atom. The van der Waals surface area contributed by atoms with E-state index in [4.69, 9.17) is 0 Å². The second kappa shape index (κ2) is 13.4. The number of unbranched alkanes of at least 4 members (excludes halogenated alkanes) is 8. The molecule has 0 nitrogen and oxygen atoms in total. The lowest BCUT2D eigenvalue weighted by atomic mass is 9.91. The maximum Gasteiger partial charge on any atom is -0.0440 e. The molecule has 110 valence electrons. The molecule has 18 heavy (non-hydrogen) atoms. The second-order valence-electron chi connectivity index (χ2n) is 6.47. The molecular weight excluding hydrogens is 216 g/mol. The predicted octanol–water partition coefficient (Wildman–Crippen LogP) is 6.98. The maximum atomic E-state index is 2.44. The molecule has 0 rings (SSSR count). The minimum absolute atomic E-state index is 0.929. The highest BCUT2D eigenvalue weighted by atomic mass is 14.1. The Balaban J connectivity index is 3.15. The molecule has 0 heterocycles. The van der Waals surface area contributed by atoms with Gasteiger partial charge in [-0.3, -0.25) is 0 Å². The summed E-state index contributed by atoms with van der Waals surface area (Å²) in [5, 5.41) is 0. The van der Waals surface area contributed by atoms with E-state index in [1.165, 1.54) is 77.0 Å². The summed E-state index contributed by atoms with van der Waals surface area (Å²) in [6.45, 7) is 9.44. The van der Waals surface area contributed by atoms with E-state index < -0.39 is 0 Å². The van der Waals surface area contributed by atoms with Crippen LogP contribution < -0.4 is 0 Å². The minimum Gasteiger partial charge on any atom is -0.0654 e. The first-order valence-electron chi connectivity index (χ1n) is 8.70. The molecule has 0 saturated carbocycles. The van der Waals surface area contributed by atoms with E-state index in [1.807, 2.05) is 0 Å². The van der Waals surface area contributed by atoms with Crippen molar-refractivity contribution in [3.05, 3.63) is 0 Å². The first-order valence-corrected chi connectivity index (χ1v) is 8.70. The third-order valence-electron chi connectivity index (χ3n) is 4.30. The van der Waals surface area contributed by atoms with Crippen LogP contribution in [0, 0.1) is 11.8 Å². The van der Waals surface area contributed by atoms with Gasteiger partial charge < -0.3 is 0 Å². The van der Waals surface area contributed by atoms with Crippen molar-refractivity contribution in [3.8, 4) is 0 Å². The van der Waals surface area contributed by atoms with Gasteiger partial charge in [0.25, 0.3) is 0 Å². The van der Waals surface area contributed by atoms with Crippen LogP contribution in [0.25, 0.3) is 0 Å². The topological polar surface area (TPSA) is 0 Å². The van der Waals surface area contributed by atoms with Crippen molar-refractivity contribution >= 4 is 0 Å². The van der Waals surface area contributed by atoms with E-state index in [9.17, 15) is 0 Å². The van der Waals surface area contributed by atoms with Crippen LogP contribution >= 0.6 is 0 Å². The summed E-state index contributed by atoms with van der Waals surface area (Å²) in [4.78, 5) is 0. The zero-order valence-electron chi connectivity index (χ0n) is 13.6. The highest BCUT2D eigenvalue weighted by Crippen LogP contribution is 2.20. The zero-order chi connectivity index (χ0) is 13.6. The third kappa shape index (κ3) is 12.5. The van der Waals surface area contributed by atoms with E-state index in [-0.39, 0.29) is 0 Å². The summed E-state index contributed by atoms with van der Waals surface area (Å²) in [5.41, 5.74) is 0. The van der Waals surface area contributed by atoms with Crippen LogP contribution in [0.1, 0.15) is 105 Å². The van der Waals surface area contributed by atoms with Crippen molar-refractivity contribution in [3.63, 3.8) is 0 Å². The SMILES string of the molecule is CCCCCCCCCCCC(C)CC(C)CC. The van der Waals surface area contributed by atoms with Crippen LogP contribution in [-0.4, -0.2) is 0 Å². The van der Waals surface area contributed by atoms with Crippen molar-refractivity contribution in [2.45, 2.75) is 105 Å². The number of rotatable bonds is 13. The summed E-state index contributed by atoms with van der Waals surface area (Å²) < 4.78 is 0. The molecule has 2 unspecified atom stereocenters. The molecule has 0 aliphatic rings. The average molecular weight is 255 g/mol. The third-order valence-corrected chi connectivity index (χ3v) is 4.30. The van der Waals surface area contributed by atoms with E-state index in [1.54, 1.807) is 0 Å². The standard InChI is InChI=1S/C18H38/c1-5-7-8-9-10-11-12-13-14-15-18(4)16-17(3)6-2/h17-18H,5-16H2,1-4H3. The Morgan fingerprint density at radius 1 is 0.611 bits per heavy atom. The second-order valence-corrected chi connectivity index (χ2v) is 6.47. The van der Waals surface area contributed by atoms with Gasteiger partial charge in [-0.1, -0.05) is 98.3 Å². The molecule has 2 atom stereocenters. The van der Waals surface area contributed by atoms with Crippen LogP contribution in [0.2, 0.25) is 0 Å². The average Bonchev–Trinajstić information content (AvgIpc) is 2.36. The monoisotopic (exact) mass is 254 g/mol. The lowest BCUT2D eigenvalue weighted by Crippen LogP contribution is -2.02. The van der Waals surface area contributed by atoms with Gasteiger partial charge in [0, 0.05) is 0 Å². The molecule has 0 aromatic carbocycles. The Labute approximate surface area is 117 Å². The largest absolute Gasteiger partial charge is 0.0654 e. The van der Waals surface area contributed by atoms with Gasteiger partial charge in [0.2, 0.25) is 0 Å². The van der Waals surface area contributed by atoms with Crippen LogP contribution in [0.4, 0.5) is 0 Å². The smallest absolute Gasteiger partial charge is 0.0440 e. The normalized spacial score (nSPS) is 14.7. The fourth-order valence-electron chi connectivity index (χ4n) is 2.77. The molecule has 0 aliphatic carbocycles. The van der Waals surface area contributed by atoms with Crippen molar-refractivity contribution in [1.82, 2.24) is 0 Å². The molecule has 0 fully saturated rings. The molecule has 0 amide bonds. The van der Waals surface area contributed by atoms with Crippen molar-refractivity contribution in [2.75, 3.05) is 0 Å². The van der Waals surface area contributed by atoms with Gasteiger partial charge in [-0.2, -0.15) is 0 Å². The lowest BCUT2D eigenvalue weighted by Gasteiger charge is -2.15. The molecule has 0 saturated heterocycles. The Morgan fingerprint density at radius 3 is 1.61 bits per heavy atom. The molecule has 0 radical (unpaired) electrons. The van der Waals surface area contributed by atoms with Gasteiger partial charge in [0.05, 0.1) is 0 Å². The highest BCUT2D eigenvalue weighted by molar-refractivity contribution is 4.59. The fourth-order valence-corrected chi connectivity index (χ4v) is 2.77. The quantitative estimate of drug-likeness (QED) is 0.311. The van der Waals surface area contributed by atoms with Gasteiger partial charge in [-0.25, -0.2) is 0 Å². The van der Waals surface area contributed by atoms with Gasteiger partial charge in [0.15, 0.2) is 0 Å². The minimum atomic E-state index is 0.929. The number of hydrogen-bond donors (Lipinski definition) is 0. The fraction of sp³-hybridized carbons (Fsp3) is 1.00. The Kier molecular flexibility index (Phi) is 13.4. The molecule has 0 aromatic rings. The summed E-state index contributed by atoms with van der Waals surface area (Å²) in [6.07, 6.45) is 17.3. The van der Waals surface area contributed by atoms with Crippen molar-refractivity contribution in [2.24, 2.45) is 11.8 Å². The lowest BCUT2D eigenvalue weighted by molar-refractivity contribution is 0.374. The summed E-state index contributed by atoms with van der Waals surface area (Å²) in [7, 11) is 0. The van der Waals surface area contributed by atoms with Crippen molar-refractivity contribution < 1.29 is 0 Å². The zero-order valence-corrected chi connectivity index (χ0v) is 13.6. The molecule has 0 heteroatoms. The van der Waals surface area contributed by atoms with Gasteiger partial charge in [-0.15, -0.1) is 0 Å². The summed E-state index contributed by atoms with van der Waals surface area (Å²) in [6, 6.07) is 0. The molecule has 0 aromatic heterocycles. The molecule has 0 N–H and O–H groups in total. The predicted molar refractivity (Wildman–Crippen MR) is 85.1 cm³/mol. The maximum absolute atomic E-state index is 2.44. The number of hydrogen-bond acceptors (Lipinski definition) is 0. The summed E-state index contributed by atoms with van der Waals surface area (Å²) in [5.74, 6) is 1.88. The Hall–Kier alpha value is 0. The van der Waals surface area contributed by atoms with Gasteiger partial charge >= 0.3 is 0 Å². The van der Waals surface area contributed by atoms with Gasteiger partial charge in [0.1, 0.15) is 0 Å². The first kappa shape index (κ1) is 18.0. The van der Waals surface area contributed by atoms with E-state index in [0.29, 0.717) is 0 Å². The molecule has 0 spiro atoms. The highest BCUT2D eigenvalue weighted by Gasteiger charge is 2.06. The summed E-state index contributed by atoms with van der Waals surface area (Å²) >= 11 is 0. The van der Waals surface area contributed by atoms with Crippen LogP contribution in [-0.2, 0) is 0 Å². The van der Waals surface area contributed by atoms with Gasteiger partial charge in [-0.05, 0) is 18.3 Å². The van der Waals surface area contributed by atoms with E-state index >= 15 is 0 Å². The molecule has 0 aliphatic heterocycles. The van der Waals surface area contributed by atoms with Crippen LogP contribution in [0.3, 0.4) is 0 Å². The van der Waals surface area contributed by atoms with Crippen molar-refractivity contribution in [1.29, 1.82) is 0 Å². The van der Waals surface area contributed by atoms with E-state index in [2.05, 4.69) is 27.7 Å². The van der Waals surface area contributed by atoms with E-state index in [0.717, 1.165) is 11.8 Å². The Bertz CT molecular complexity index is 150. The van der Waals surface area contributed by atoms with Crippen LogP contribution in [0.15, 0.2) is 0 Å².